The Labute approximate surface area is 219 Å². The lowest BCUT2D eigenvalue weighted by Gasteiger charge is -2.48. The third-order valence-corrected chi connectivity index (χ3v) is 9.20. The molecule has 1 spiro atoms. The summed E-state index contributed by atoms with van der Waals surface area (Å²) >= 11 is 0. The molecule has 196 valence electrons. The van der Waals surface area contributed by atoms with Crippen LogP contribution in [0.25, 0.3) is 11.1 Å². The number of ether oxygens (including phenoxy) is 1. The van der Waals surface area contributed by atoms with Crippen molar-refractivity contribution in [3.63, 3.8) is 0 Å². The third-order valence-electron chi connectivity index (χ3n) is 7.70. The van der Waals surface area contributed by atoms with Crippen molar-refractivity contribution >= 4 is 9.84 Å². The predicted octanol–water partition coefficient (Wildman–Crippen LogP) is 5.96. The zero-order chi connectivity index (χ0) is 26.3. The van der Waals surface area contributed by atoms with E-state index in [1.165, 1.54) is 6.07 Å². The molecule has 1 fully saturated rings. The number of halogens is 1. The first kappa shape index (κ1) is 25.9. The second kappa shape index (κ2) is 9.84. The van der Waals surface area contributed by atoms with Gasteiger partial charge in [0.05, 0.1) is 17.2 Å². The Bertz CT molecular complexity index is 1360. The lowest BCUT2D eigenvalue weighted by molar-refractivity contribution is -0.0357. The molecule has 0 amide bonds. The van der Waals surface area contributed by atoms with Crippen molar-refractivity contribution in [1.29, 1.82) is 0 Å². The molecular weight excluding hydrogens is 487 g/mol. The van der Waals surface area contributed by atoms with Crippen LogP contribution in [0.2, 0.25) is 0 Å². The molecule has 0 atom stereocenters. The largest absolute Gasteiger partial charge is 0.487 e. The topological polar surface area (TPSA) is 59.5 Å². The average molecular weight is 523 g/mol. The zero-order valence-electron chi connectivity index (χ0n) is 21.8. The van der Waals surface area contributed by atoms with Crippen LogP contribution in [0.5, 0.6) is 5.75 Å². The fourth-order valence-corrected chi connectivity index (χ4v) is 6.91. The summed E-state index contributed by atoms with van der Waals surface area (Å²) in [5, 5.41) is 0. The average Bonchev–Trinajstić information content (AvgIpc) is 2.84. The minimum atomic E-state index is -3.37. The molecule has 0 saturated carbocycles. The van der Waals surface area contributed by atoms with E-state index in [1.54, 1.807) is 48.7 Å². The summed E-state index contributed by atoms with van der Waals surface area (Å²) < 4.78 is 47.0. The first-order valence-corrected chi connectivity index (χ1v) is 14.8. The second-order valence-corrected chi connectivity index (χ2v) is 13.5. The molecule has 0 bridgehead atoms. The fraction of sp³-hybridized carbons (Fsp3) is 0.433. The van der Waals surface area contributed by atoms with E-state index in [0.29, 0.717) is 22.6 Å². The monoisotopic (exact) mass is 522 g/mol. The summed E-state index contributed by atoms with van der Waals surface area (Å²) in [4.78, 5) is 6.61. The van der Waals surface area contributed by atoms with Gasteiger partial charge < -0.3 is 4.74 Å². The molecule has 2 aromatic carbocycles. The number of sulfone groups is 1. The van der Waals surface area contributed by atoms with E-state index in [-0.39, 0.29) is 28.5 Å². The van der Waals surface area contributed by atoms with Crippen LogP contribution >= 0.6 is 0 Å². The van der Waals surface area contributed by atoms with Crippen LogP contribution in [-0.4, -0.2) is 42.5 Å². The first-order valence-electron chi connectivity index (χ1n) is 13.0. The maximum atomic E-state index is 15.3. The van der Waals surface area contributed by atoms with Crippen molar-refractivity contribution < 1.29 is 17.5 Å². The van der Waals surface area contributed by atoms with Crippen LogP contribution in [-0.2, 0) is 27.8 Å². The molecule has 1 aromatic heterocycles. The van der Waals surface area contributed by atoms with Crippen molar-refractivity contribution in [2.24, 2.45) is 0 Å². The minimum Gasteiger partial charge on any atom is -0.487 e. The Morgan fingerprint density at radius 3 is 2.38 bits per heavy atom. The molecule has 0 unspecified atom stereocenters. The molecule has 1 saturated heterocycles. The standard InChI is InChI=1S/C30H35FN2O3S/c1-29(2,3)33-16-13-30(14-17-33)12-11-24-18-26(27(31)19-28(24)36-30)23-9-7-22(8-10-23)20-37(34,35)21-25-6-4-5-15-32-25/h4-10,15,18-19H,11-14,16-17,20-21H2,1-3H3. The van der Waals surface area contributed by atoms with Crippen LogP contribution in [0.1, 0.15) is 56.9 Å². The van der Waals surface area contributed by atoms with Crippen LogP contribution < -0.4 is 4.74 Å². The van der Waals surface area contributed by atoms with Crippen molar-refractivity contribution in [3.8, 4) is 16.9 Å². The summed E-state index contributed by atoms with van der Waals surface area (Å²) in [6.45, 7) is 8.71. The number of fused-ring (bicyclic) bond motifs is 1. The highest BCUT2D eigenvalue weighted by molar-refractivity contribution is 7.89. The molecule has 0 N–H and O–H groups in total. The number of nitrogens with zero attached hydrogens (tertiary/aromatic N) is 2. The van der Waals surface area contributed by atoms with Gasteiger partial charge in [0, 0.05) is 36.5 Å². The summed E-state index contributed by atoms with van der Waals surface area (Å²) in [6.07, 6.45) is 5.31. The lowest BCUT2D eigenvalue weighted by atomic mass is 9.81. The van der Waals surface area contributed by atoms with Gasteiger partial charge >= 0.3 is 0 Å². The van der Waals surface area contributed by atoms with Crippen LogP contribution in [0.3, 0.4) is 0 Å². The van der Waals surface area contributed by atoms with Crippen molar-refractivity contribution in [2.75, 3.05) is 13.1 Å². The zero-order valence-corrected chi connectivity index (χ0v) is 22.7. The van der Waals surface area contributed by atoms with Gasteiger partial charge in [-0.05, 0) is 81.3 Å². The van der Waals surface area contributed by atoms with Gasteiger partial charge in [0.15, 0.2) is 9.84 Å². The van der Waals surface area contributed by atoms with Gasteiger partial charge in [0.1, 0.15) is 17.2 Å². The van der Waals surface area contributed by atoms with Crippen LogP contribution in [0, 0.1) is 5.82 Å². The van der Waals surface area contributed by atoms with E-state index in [9.17, 15) is 8.42 Å². The molecule has 0 radical (unpaired) electrons. The Hall–Kier alpha value is -2.77. The van der Waals surface area contributed by atoms with Gasteiger partial charge in [-0.25, -0.2) is 12.8 Å². The van der Waals surface area contributed by atoms with E-state index in [1.807, 2.05) is 6.07 Å². The highest BCUT2D eigenvalue weighted by Crippen LogP contribution is 2.42. The van der Waals surface area contributed by atoms with E-state index in [2.05, 4.69) is 30.7 Å². The number of rotatable bonds is 5. The normalized spacial score (nSPS) is 17.8. The smallest absolute Gasteiger partial charge is 0.160 e. The number of benzene rings is 2. The number of pyridine rings is 1. The maximum Gasteiger partial charge on any atom is 0.160 e. The van der Waals surface area contributed by atoms with E-state index in [4.69, 9.17) is 4.74 Å². The molecule has 3 aromatic rings. The molecule has 2 aliphatic heterocycles. The number of likely N-dealkylation sites (tertiary alicyclic amines) is 1. The molecule has 37 heavy (non-hydrogen) atoms. The minimum absolute atomic E-state index is 0.0842. The number of aromatic nitrogens is 1. The summed E-state index contributed by atoms with van der Waals surface area (Å²) in [7, 11) is -3.37. The van der Waals surface area contributed by atoms with Gasteiger partial charge in [-0.2, -0.15) is 0 Å². The van der Waals surface area contributed by atoms with E-state index in [0.717, 1.165) is 49.9 Å². The molecule has 0 aliphatic carbocycles. The van der Waals surface area contributed by atoms with E-state index >= 15 is 4.39 Å². The molecule has 2 aliphatic rings. The molecular formula is C30H35FN2O3S. The predicted molar refractivity (Wildman–Crippen MR) is 145 cm³/mol. The fourth-order valence-electron chi connectivity index (χ4n) is 5.49. The Morgan fingerprint density at radius 1 is 1.00 bits per heavy atom. The van der Waals surface area contributed by atoms with Crippen molar-refractivity contribution in [3.05, 3.63) is 83.4 Å². The summed E-state index contributed by atoms with van der Waals surface area (Å²) in [5.74, 6) is 0.150. The highest BCUT2D eigenvalue weighted by atomic mass is 32.2. The van der Waals surface area contributed by atoms with Crippen LogP contribution in [0.4, 0.5) is 4.39 Å². The van der Waals surface area contributed by atoms with Gasteiger partial charge in [0.25, 0.3) is 0 Å². The van der Waals surface area contributed by atoms with Gasteiger partial charge in [-0.15, -0.1) is 0 Å². The lowest BCUT2D eigenvalue weighted by Crippen LogP contribution is -2.54. The van der Waals surface area contributed by atoms with Crippen LogP contribution in [0.15, 0.2) is 60.8 Å². The summed E-state index contributed by atoms with van der Waals surface area (Å²) in [5.41, 5.74) is 3.42. The number of hydrogen-bond donors (Lipinski definition) is 0. The molecule has 3 heterocycles. The second-order valence-electron chi connectivity index (χ2n) is 11.4. The van der Waals surface area contributed by atoms with Crippen molar-refractivity contribution in [1.82, 2.24) is 9.88 Å². The number of piperidine rings is 1. The van der Waals surface area contributed by atoms with E-state index < -0.39 is 9.84 Å². The molecule has 5 rings (SSSR count). The number of hydrogen-bond acceptors (Lipinski definition) is 5. The Kier molecular flexibility index (Phi) is 6.88. The van der Waals surface area contributed by atoms with Gasteiger partial charge in [-0.3, -0.25) is 9.88 Å². The maximum absolute atomic E-state index is 15.3. The summed E-state index contributed by atoms with van der Waals surface area (Å²) in [6, 6.07) is 15.8. The molecule has 5 nitrogen and oxygen atoms in total. The Morgan fingerprint density at radius 2 is 1.73 bits per heavy atom. The molecule has 7 heteroatoms. The van der Waals surface area contributed by atoms with Gasteiger partial charge in [0.2, 0.25) is 0 Å². The quantitative estimate of drug-likeness (QED) is 0.414. The Balaban J connectivity index is 1.28. The van der Waals surface area contributed by atoms with Gasteiger partial charge in [-0.1, -0.05) is 30.3 Å². The SMILES string of the molecule is CC(C)(C)N1CCC2(CCc3cc(-c4ccc(CS(=O)(=O)Cc5ccccn5)cc4)c(F)cc3O2)CC1. The highest BCUT2D eigenvalue weighted by Gasteiger charge is 2.41. The van der Waals surface area contributed by atoms with Crippen molar-refractivity contribution in [2.45, 2.75) is 69.1 Å². The number of aryl methyl sites for hydroxylation is 1. The first-order chi connectivity index (χ1) is 17.5. The third kappa shape index (κ3) is 5.88.